The van der Waals surface area contributed by atoms with E-state index in [0.29, 0.717) is 0 Å². The van der Waals surface area contributed by atoms with Gasteiger partial charge in [0.15, 0.2) is 0 Å². The lowest BCUT2D eigenvalue weighted by atomic mass is 10.1. The smallest absolute Gasteiger partial charge is 0.221 e. The fourth-order valence-electron chi connectivity index (χ4n) is 2.36. The second-order valence-corrected chi connectivity index (χ2v) is 4.71. The number of hydrogen-bond acceptors (Lipinski definition) is 5. The summed E-state index contributed by atoms with van der Waals surface area (Å²) in [6, 6.07) is 6.44. The summed E-state index contributed by atoms with van der Waals surface area (Å²) in [5, 5.41) is 3.29. The number of piperazine rings is 1. The van der Waals surface area contributed by atoms with Crippen molar-refractivity contribution >= 4 is 11.8 Å². The summed E-state index contributed by atoms with van der Waals surface area (Å²) in [7, 11) is 0. The summed E-state index contributed by atoms with van der Waals surface area (Å²) in [5.74, 6) is 0.730. The van der Waals surface area contributed by atoms with E-state index in [1.54, 1.807) is 12.3 Å². The van der Waals surface area contributed by atoms with Crippen molar-refractivity contribution in [3.05, 3.63) is 36.3 Å². The highest BCUT2D eigenvalue weighted by atomic mass is 19.1. The van der Waals surface area contributed by atoms with Crippen molar-refractivity contribution in [2.45, 2.75) is 0 Å². The van der Waals surface area contributed by atoms with Crippen molar-refractivity contribution in [2.75, 3.05) is 36.8 Å². The van der Waals surface area contributed by atoms with Crippen LogP contribution in [0.4, 0.5) is 16.2 Å². The van der Waals surface area contributed by atoms with E-state index in [4.69, 9.17) is 5.73 Å². The minimum Gasteiger partial charge on any atom is -0.368 e. The zero-order valence-electron chi connectivity index (χ0n) is 11.0. The van der Waals surface area contributed by atoms with Crippen LogP contribution in [0.3, 0.4) is 0 Å². The van der Waals surface area contributed by atoms with Crippen LogP contribution in [0.15, 0.2) is 30.5 Å². The predicted molar refractivity (Wildman–Crippen MR) is 76.9 cm³/mol. The van der Waals surface area contributed by atoms with E-state index in [1.165, 1.54) is 12.1 Å². The summed E-state index contributed by atoms with van der Waals surface area (Å²) in [5.41, 5.74) is 7.27. The molecule has 104 valence electrons. The first kappa shape index (κ1) is 12.8. The normalized spacial score (nSPS) is 15.3. The van der Waals surface area contributed by atoms with E-state index in [9.17, 15) is 4.39 Å². The zero-order valence-corrected chi connectivity index (χ0v) is 11.0. The van der Waals surface area contributed by atoms with Gasteiger partial charge in [-0.2, -0.15) is 4.98 Å². The molecule has 1 aliphatic heterocycles. The van der Waals surface area contributed by atoms with Gasteiger partial charge in [0, 0.05) is 37.9 Å². The topological polar surface area (TPSA) is 67.1 Å². The highest BCUT2D eigenvalue weighted by molar-refractivity contribution is 5.76. The van der Waals surface area contributed by atoms with Crippen molar-refractivity contribution in [3.63, 3.8) is 0 Å². The second kappa shape index (κ2) is 5.42. The molecule has 5 nitrogen and oxygen atoms in total. The maximum atomic E-state index is 13.4. The number of anilines is 2. The van der Waals surface area contributed by atoms with Crippen LogP contribution >= 0.6 is 0 Å². The molecule has 1 saturated heterocycles. The largest absolute Gasteiger partial charge is 0.368 e. The third kappa shape index (κ3) is 2.55. The lowest BCUT2D eigenvalue weighted by Crippen LogP contribution is -2.44. The summed E-state index contributed by atoms with van der Waals surface area (Å²) >= 11 is 0. The van der Waals surface area contributed by atoms with Crippen molar-refractivity contribution in [2.24, 2.45) is 0 Å². The Bertz CT molecular complexity index is 610. The third-order valence-corrected chi connectivity index (χ3v) is 3.34. The van der Waals surface area contributed by atoms with Crippen LogP contribution < -0.4 is 16.0 Å². The van der Waals surface area contributed by atoms with Crippen LogP contribution in [0.5, 0.6) is 0 Å². The number of nitrogens with zero attached hydrogens (tertiary/aromatic N) is 3. The number of aromatic nitrogens is 2. The van der Waals surface area contributed by atoms with Gasteiger partial charge in [0.05, 0.1) is 0 Å². The Balaban J connectivity index is 2.05. The monoisotopic (exact) mass is 273 g/mol. The Morgan fingerprint density at radius 1 is 1.25 bits per heavy atom. The fraction of sp³-hybridized carbons (Fsp3) is 0.286. The average Bonchev–Trinajstić information content (AvgIpc) is 2.48. The Morgan fingerprint density at radius 3 is 2.80 bits per heavy atom. The molecule has 1 aliphatic rings. The molecule has 0 saturated carbocycles. The fourth-order valence-corrected chi connectivity index (χ4v) is 2.36. The second-order valence-electron chi connectivity index (χ2n) is 4.71. The molecular weight excluding hydrogens is 257 g/mol. The third-order valence-electron chi connectivity index (χ3n) is 3.34. The molecule has 1 aromatic heterocycles. The maximum Gasteiger partial charge on any atom is 0.221 e. The lowest BCUT2D eigenvalue weighted by molar-refractivity contribution is 0.585. The Labute approximate surface area is 116 Å². The summed E-state index contributed by atoms with van der Waals surface area (Å²) in [6.07, 6.45) is 1.66. The van der Waals surface area contributed by atoms with Gasteiger partial charge >= 0.3 is 0 Å². The first-order chi connectivity index (χ1) is 9.74. The van der Waals surface area contributed by atoms with E-state index in [2.05, 4.69) is 20.2 Å². The van der Waals surface area contributed by atoms with E-state index in [1.807, 2.05) is 6.07 Å². The minimum atomic E-state index is -0.273. The van der Waals surface area contributed by atoms with Gasteiger partial charge < -0.3 is 16.0 Å². The van der Waals surface area contributed by atoms with Crippen LogP contribution in [0.1, 0.15) is 0 Å². The van der Waals surface area contributed by atoms with Crippen LogP contribution in [-0.2, 0) is 0 Å². The molecule has 1 fully saturated rings. The molecule has 2 heterocycles. The molecular formula is C14H16FN5. The first-order valence-electron chi connectivity index (χ1n) is 6.58. The van der Waals surface area contributed by atoms with Gasteiger partial charge in [-0.3, -0.25) is 0 Å². The van der Waals surface area contributed by atoms with E-state index < -0.39 is 0 Å². The molecule has 0 aliphatic carbocycles. The Morgan fingerprint density at radius 2 is 2.05 bits per heavy atom. The van der Waals surface area contributed by atoms with Gasteiger partial charge in [0.2, 0.25) is 5.95 Å². The molecule has 0 spiro atoms. The van der Waals surface area contributed by atoms with Gasteiger partial charge in [0.25, 0.3) is 0 Å². The van der Waals surface area contributed by atoms with E-state index in [0.717, 1.165) is 43.1 Å². The highest BCUT2D eigenvalue weighted by Crippen LogP contribution is 2.29. The van der Waals surface area contributed by atoms with Crippen LogP contribution in [0.2, 0.25) is 0 Å². The molecule has 3 N–H and O–H groups in total. The first-order valence-corrected chi connectivity index (χ1v) is 6.58. The number of rotatable bonds is 2. The highest BCUT2D eigenvalue weighted by Gasteiger charge is 2.17. The molecule has 0 unspecified atom stereocenters. The van der Waals surface area contributed by atoms with Gasteiger partial charge in [-0.15, -0.1) is 0 Å². The van der Waals surface area contributed by atoms with Gasteiger partial charge in [-0.1, -0.05) is 12.1 Å². The van der Waals surface area contributed by atoms with E-state index in [-0.39, 0.29) is 11.8 Å². The predicted octanol–water partition coefficient (Wildman–Crippen LogP) is 1.27. The van der Waals surface area contributed by atoms with Crippen molar-refractivity contribution in [1.82, 2.24) is 15.3 Å². The molecule has 0 radical (unpaired) electrons. The molecule has 20 heavy (non-hydrogen) atoms. The minimum absolute atomic E-state index is 0.235. The average molecular weight is 273 g/mol. The van der Waals surface area contributed by atoms with Crippen molar-refractivity contribution in [3.8, 4) is 11.1 Å². The molecule has 0 amide bonds. The molecule has 2 aromatic rings. The molecule has 0 bridgehead atoms. The number of benzene rings is 1. The maximum absolute atomic E-state index is 13.4. The standard InChI is InChI=1S/C14H16FN5/c15-11-3-1-2-10(8-11)12-9-18-14(16)19-13(12)20-6-4-17-5-7-20/h1-3,8-9,17H,4-7H2,(H2,16,18,19). The van der Waals surface area contributed by atoms with Gasteiger partial charge in [0.1, 0.15) is 11.6 Å². The number of nitrogen functional groups attached to an aromatic ring is 1. The van der Waals surface area contributed by atoms with Gasteiger partial charge in [-0.25, -0.2) is 9.37 Å². The van der Waals surface area contributed by atoms with Crippen molar-refractivity contribution < 1.29 is 4.39 Å². The summed E-state index contributed by atoms with van der Waals surface area (Å²) in [6.45, 7) is 3.48. The molecule has 0 atom stereocenters. The van der Waals surface area contributed by atoms with Crippen LogP contribution in [0, 0.1) is 5.82 Å². The van der Waals surface area contributed by atoms with Gasteiger partial charge in [-0.05, 0) is 17.7 Å². The lowest BCUT2D eigenvalue weighted by Gasteiger charge is -2.30. The number of halogens is 1. The van der Waals surface area contributed by atoms with E-state index >= 15 is 0 Å². The molecule has 3 rings (SSSR count). The number of nitrogens with one attached hydrogen (secondary N) is 1. The molecule has 6 heteroatoms. The quantitative estimate of drug-likeness (QED) is 0.862. The summed E-state index contributed by atoms with van der Waals surface area (Å²) < 4.78 is 13.4. The van der Waals surface area contributed by atoms with Crippen molar-refractivity contribution in [1.29, 1.82) is 0 Å². The Hall–Kier alpha value is -2.21. The molecule has 1 aromatic carbocycles. The SMILES string of the molecule is Nc1ncc(-c2cccc(F)c2)c(N2CCNCC2)n1. The number of nitrogens with two attached hydrogens (primary N) is 1. The number of hydrogen-bond donors (Lipinski definition) is 2. The van der Waals surface area contributed by atoms with Crippen LogP contribution in [0.25, 0.3) is 11.1 Å². The summed E-state index contributed by atoms with van der Waals surface area (Å²) in [4.78, 5) is 10.5. The Kier molecular flexibility index (Phi) is 3.47. The van der Waals surface area contributed by atoms with Crippen LogP contribution in [-0.4, -0.2) is 36.1 Å². The zero-order chi connectivity index (χ0) is 13.9.